The van der Waals surface area contributed by atoms with E-state index in [1.807, 2.05) is 72.8 Å². The number of rotatable bonds is 4. The minimum Gasteiger partial charge on any atom is -0.497 e. The molecule has 4 aromatic rings. The van der Waals surface area contributed by atoms with Crippen LogP contribution in [0.1, 0.15) is 0 Å². The minimum absolute atomic E-state index is 0.756. The molecule has 6 heteroatoms. The lowest BCUT2D eigenvalue weighted by atomic mass is 10.1. The first-order valence-electron chi connectivity index (χ1n) is 8.27. The summed E-state index contributed by atoms with van der Waals surface area (Å²) in [7, 11) is 1.66. The van der Waals surface area contributed by atoms with E-state index < -0.39 is 0 Å². The van der Waals surface area contributed by atoms with E-state index in [2.05, 4.69) is 46.6 Å². The number of hydrogen-bond acceptors (Lipinski definition) is 3. The van der Waals surface area contributed by atoms with Crippen LogP contribution < -0.4 is 4.74 Å². The lowest BCUT2D eigenvalue weighted by Crippen LogP contribution is -2.00. The molecule has 4 nitrogen and oxygen atoms in total. The van der Waals surface area contributed by atoms with E-state index in [0.717, 1.165) is 43.2 Å². The van der Waals surface area contributed by atoms with Crippen molar-refractivity contribution in [3.05, 3.63) is 81.7 Å². The summed E-state index contributed by atoms with van der Waals surface area (Å²) in [6.07, 6.45) is 0. The second-order valence-electron chi connectivity index (χ2n) is 5.91. The number of benzene rings is 3. The average Bonchev–Trinajstić information content (AvgIpc) is 3.13. The monoisotopic (exact) mass is 483 g/mol. The molecule has 0 amide bonds. The van der Waals surface area contributed by atoms with Crippen LogP contribution in [0, 0.1) is 0 Å². The zero-order chi connectivity index (χ0) is 18.8. The summed E-state index contributed by atoms with van der Waals surface area (Å²) in [5.41, 5.74) is 2.89. The van der Waals surface area contributed by atoms with E-state index >= 15 is 0 Å². The Morgan fingerprint density at radius 1 is 0.741 bits per heavy atom. The zero-order valence-corrected chi connectivity index (χ0v) is 17.6. The van der Waals surface area contributed by atoms with Crippen molar-refractivity contribution in [2.75, 3.05) is 7.11 Å². The minimum atomic E-state index is 0.756. The Morgan fingerprint density at radius 3 is 2.07 bits per heavy atom. The van der Waals surface area contributed by atoms with Crippen molar-refractivity contribution in [3.63, 3.8) is 0 Å². The largest absolute Gasteiger partial charge is 0.497 e. The van der Waals surface area contributed by atoms with Crippen LogP contribution in [0.25, 0.3) is 28.5 Å². The number of halogens is 2. The molecular weight excluding hydrogens is 470 g/mol. The lowest BCUT2D eigenvalue weighted by Gasteiger charge is -2.12. The van der Waals surface area contributed by atoms with Gasteiger partial charge in [0.05, 0.1) is 7.11 Å². The highest BCUT2D eigenvalue weighted by Gasteiger charge is 2.18. The maximum Gasteiger partial charge on any atom is 0.168 e. The molecule has 0 N–H and O–H groups in total. The summed E-state index contributed by atoms with van der Waals surface area (Å²) < 4.78 is 9.37. The molecule has 1 aromatic heterocycles. The first-order valence-corrected chi connectivity index (χ1v) is 9.86. The fraction of sp³-hybridized carbons (Fsp3) is 0.0476. The van der Waals surface area contributed by atoms with Gasteiger partial charge in [0, 0.05) is 25.8 Å². The number of nitrogens with zero attached hydrogens (tertiary/aromatic N) is 3. The predicted octanol–water partition coefficient (Wildman–Crippen LogP) is 6.13. The fourth-order valence-electron chi connectivity index (χ4n) is 2.92. The second kappa shape index (κ2) is 7.66. The van der Waals surface area contributed by atoms with E-state index in [4.69, 9.17) is 4.74 Å². The molecule has 134 valence electrons. The van der Waals surface area contributed by atoms with Crippen molar-refractivity contribution < 1.29 is 4.74 Å². The molecule has 0 unspecified atom stereocenters. The van der Waals surface area contributed by atoms with Crippen molar-refractivity contribution in [1.29, 1.82) is 0 Å². The highest BCUT2D eigenvalue weighted by atomic mass is 79.9. The van der Waals surface area contributed by atoms with E-state index in [9.17, 15) is 0 Å². The topological polar surface area (TPSA) is 39.9 Å². The van der Waals surface area contributed by atoms with Crippen LogP contribution in [0.4, 0.5) is 0 Å². The molecule has 0 radical (unpaired) electrons. The van der Waals surface area contributed by atoms with Gasteiger partial charge in [0.15, 0.2) is 11.6 Å². The SMILES string of the molecule is COc1cccc(-c2nnc(-c3cc(Br)cc(Br)c3)n2-c2ccccc2)c1. The van der Waals surface area contributed by atoms with Crippen LogP contribution in [-0.2, 0) is 0 Å². The maximum absolute atomic E-state index is 5.37. The van der Waals surface area contributed by atoms with Crippen molar-refractivity contribution in [2.45, 2.75) is 0 Å². The molecule has 0 spiro atoms. The van der Waals surface area contributed by atoms with Gasteiger partial charge in [-0.05, 0) is 42.5 Å². The number of methoxy groups -OCH3 is 1. The van der Waals surface area contributed by atoms with Gasteiger partial charge in [-0.15, -0.1) is 10.2 Å². The van der Waals surface area contributed by atoms with Gasteiger partial charge < -0.3 is 4.74 Å². The second-order valence-corrected chi connectivity index (χ2v) is 7.74. The van der Waals surface area contributed by atoms with Crippen molar-refractivity contribution in [1.82, 2.24) is 14.8 Å². The Kier molecular flexibility index (Phi) is 5.09. The highest BCUT2D eigenvalue weighted by Crippen LogP contribution is 2.32. The van der Waals surface area contributed by atoms with Crippen LogP contribution in [0.15, 0.2) is 81.7 Å². The number of para-hydroxylation sites is 1. The third-order valence-electron chi connectivity index (χ3n) is 4.13. The smallest absolute Gasteiger partial charge is 0.168 e. The van der Waals surface area contributed by atoms with Gasteiger partial charge in [0.25, 0.3) is 0 Å². The first kappa shape index (κ1) is 17.9. The summed E-state index contributed by atoms with van der Waals surface area (Å²) in [5.74, 6) is 2.30. The van der Waals surface area contributed by atoms with Gasteiger partial charge in [-0.2, -0.15) is 0 Å². The summed E-state index contributed by atoms with van der Waals surface area (Å²) in [5, 5.41) is 9.01. The van der Waals surface area contributed by atoms with Gasteiger partial charge >= 0.3 is 0 Å². The van der Waals surface area contributed by atoms with Gasteiger partial charge in [-0.3, -0.25) is 4.57 Å². The number of aromatic nitrogens is 3. The number of ether oxygens (including phenoxy) is 1. The molecule has 0 fully saturated rings. The molecule has 0 aliphatic rings. The number of hydrogen-bond donors (Lipinski definition) is 0. The van der Waals surface area contributed by atoms with E-state index in [1.54, 1.807) is 7.11 Å². The van der Waals surface area contributed by atoms with E-state index in [1.165, 1.54) is 0 Å². The molecule has 3 aromatic carbocycles. The molecule has 4 rings (SSSR count). The van der Waals surface area contributed by atoms with Crippen molar-refractivity contribution in [3.8, 4) is 34.2 Å². The van der Waals surface area contributed by atoms with Gasteiger partial charge in [0.2, 0.25) is 0 Å². The molecular formula is C21H15Br2N3O. The average molecular weight is 485 g/mol. The quantitative estimate of drug-likeness (QED) is 0.349. The Morgan fingerprint density at radius 2 is 1.41 bits per heavy atom. The Labute approximate surface area is 174 Å². The standard InChI is InChI=1S/C21H15Br2N3O/c1-27-19-9-5-6-14(12-19)20-24-25-21(15-10-16(22)13-17(23)11-15)26(20)18-7-3-2-4-8-18/h2-13H,1H3. The van der Waals surface area contributed by atoms with Gasteiger partial charge in [-0.1, -0.05) is 62.2 Å². The summed E-state index contributed by atoms with van der Waals surface area (Å²) >= 11 is 7.12. The Bertz CT molecular complexity index is 1070. The molecule has 0 saturated carbocycles. The molecule has 0 bridgehead atoms. The lowest BCUT2D eigenvalue weighted by molar-refractivity contribution is 0.415. The molecule has 0 saturated heterocycles. The molecule has 0 aliphatic heterocycles. The van der Waals surface area contributed by atoms with Crippen LogP contribution in [0.3, 0.4) is 0 Å². The molecule has 0 aliphatic carbocycles. The normalized spacial score (nSPS) is 10.8. The highest BCUT2D eigenvalue weighted by molar-refractivity contribution is 9.11. The molecule has 1 heterocycles. The zero-order valence-electron chi connectivity index (χ0n) is 14.4. The molecule has 27 heavy (non-hydrogen) atoms. The molecule has 0 atom stereocenters. The summed E-state index contributed by atoms with van der Waals surface area (Å²) in [6, 6.07) is 24.0. The third-order valence-corrected chi connectivity index (χ3v) is 5.04. The van der Waals surface area contributed by atoms with Crippen molar-refractivity contribution >= 4 is 31.9 Å². The predicted molar refractivity (Wildman–Crippen MR) is 114 cm³/mol. The van der Waals surface area contributed by atoms with Gasteiger partial charge in [-0.25, -0.2) is 0 Å². The third kappa shape index (κ3) is 3.68. The van der Waals surface area contributed by atoms with E-state index in [0.29, 0.717) is 0 Å². The van der Waals surface area contributed by atoms with Crippen LogP contribution in [0.5, 0.6) is 5.75 Å². The Hall–Kier alpha value is -2.44. The summed E-state index contributed by atoms with van der Waals surface area (Å²) in [4.78, 5) is 0. The van der Waals surface area contributed by atoms with Crippen LogP contribution in [-0.4, -0.2) is 21.9 Å². The van der Waals surface area contributed by atoms with E-state index in [-0.39, 0.29) is 0 Å². The Balaban J connectivity index is 1.97. The van der Waals surface area contributed by atoms with Crippen LogP contribution >= 0.6 is 31.9 Å². The van der Waals surface area contributed by atoms with Crippen LogP contribution in [0.2, 0.25) is 0 Å². The fourth-order valence-corrected chi connectivity index (χ4v) is 4.22. The van der Waals surface area contributed by atoms with Gasteiger partial charge in [0.1, 0.15) is 5.75 Å². The maximum atomic E-state index is 5.37. The van der Waals surface area contributed by atoms with Crippen molar-refractivity contribution in [2.24, 2.45) is 0 Å². The summed E-state index contributed by atoms with van der Waals surface area (Å²) in [6.45, 7) is 0. The first-order chi connectivity index (χ1) is 13.2.